The lowest BCUT2D eigenvalue weighted by Gasteiger charge is -2.36. The number of aliphatic hydroxyl groups is 2. The van der Waals surface area contributed by atoms with Crippen molar-refractivity contribution in [1.29, 1.82) is 0 Å². The Morgan fingerprint density at radius 1 is 1.16 bits per heavy atom. The van der Waals surface area contributed by atoms with Gasteiger partial charge in [0.05, 0.1) is 7.11 Å². The number of hydrogen-bond acceptors (Lipinski definition) is 11. The molecule has 242 valence electrons. The maximum atomic E-state index is 13.9. The van der Waals surface area contributed by atoms with Crippen LogP contribution in [0.3, 0.4) is 0 Å². The number of nitrogens with one attached hydrogen (secondary N) is 3. The van der Waals surface area contributed by atoms with Gasteiger partial charge in [0.25, 0.3) is 0 Å². The third kappa shape index (κ3) is 5.48. The van der Waals surface area contributed by atoms with Gasteiger partial charge in [-0.25, -0.2) is 14.8 Å². The zero-order valence-electron chi connectivity index (χ0n) is 26.7. The highest BCUT2D eigenvalue weighted by Gasteiger charge is 2.55. The first-order chi connectivity index (χ1) is 21.1. The van der Waals surface area contributed by atoms with Crippen molar-refractivity contribution in [3.05, 3.63) is 52.9 Å². The molecule has 0 spiro atoms. The van der Waals surface area contributed by atoms with Crippen molar-refractivity contribution in [3.8, 4) is 11.6 Å². The van der Waals surface area contributed by atoms with E-state index in [4.69, 9.17) is 18.6 Å². The molecule has 5 rings (SSSR count). The highest BCUT2D eigenvalue weighted by atomic mass is 16.5. The highest BCUT2D eigenvalue weighted by molar-refractivity contribution is 5.90. The smallest absolute Gasteiger partial charge is 0.360 e. The normalized spacial score (nSPS) is 23.6. The van der Waals surface area contributed by atoms with E-state index in [0.29, 0.717) is 16.8 Å². The molecule has 0 saturated heterocycles. The summed E-state index contributed by atoms with van der Waals surface area (Å²) in [7, 11) is 1.23. The van der Waals surface area contributed by atoms with Gasteiger partial charge in [0.2, 0.25) is 23.6 Å². The molecule has 1 aromatic carbocycles. The minimum absolute atomic E-state index is 0.0288. The summed E-state index contributed by atoms with van der Waals surface area (Å²) in [4.78, 5) is 48.3. The predicted molar refractivity (Wildman–Crippen MR) is 162 cm³/mol. The summed E-state index contributed by atoms with van der Waals surface area (Å²) in [6.45, 7) is 13.0. The molecule has 13 heteroatoms. The van der Waals surface area contributed by atoms with Crippen molar-refractivity contribution in [2.75, 3.05) is 12.4 Å². The number of aromatic nitrogens is 2. The molecule has 0 aliphatic carbocycles. The average Bonchev–Trinajstić information content (AvgIpc) is 3.69. The second kappa shape index (κ2) is 11.6. The number of carbonyl (C=O) groups excluding carboxylic acids is 3. The first-order valence-electron chi connectivity index (χ1n) is 15.0. The van der Waals surface area contributed by atoms with Crippen LogP contribution >= 0.6 is 0 Å². The Morgan fingerprint density at radius 3 is 2.49 bits per heavy atom. The van der Waals surface area contributed by atoms with Crippen LogP contribution in [-0.4, -0.2) is 63.4 Å². The average molecular weight is 624 g/mol. The van der Waals surface area contributed by atoms with E-state index in [0.717, 1.165) is 6.26 Å². The maximum absolute atomic E-state index is 13.9. The number of oxazole rings is 2. The van der Waals surface area contributed by atoms with Crippen LogP contribution < -0.4 is 16.0 Å². The number of benzene rings is 1. The predicted octanol–water partition coefficient (Wildman–Crippen LogP) is 3.06. The lowest BCUT2D eigenvalue weighted by atomic mass is 9.69. The molecular weight excluding hydrogens is 582 g/mol. The first-order valence-corrected chi connectivity index (χ1v) is 15.0. The lowest BCUT2D eigenvalue weighted by Crippen LogP contribution is -2.53. The summed E-state index contributed by atoms with van der Waals surface area (Å²) in [5, 5.41) is 31.2. The Morgan fingerprint density at radius 2 is 1.87 bits per heavy atom. The molecule has 2 aromatic heterocycles. The third-order valence-electron chi connectivity index (χ3n) is 8.66. The highest BCUT2D eigenvalue weighted by Crippen LogP contribution is 2.53. The standard InChI is InChI=1S/C32H41N5O8/c1-14(2)22(38)26(40)33-19-12-16-9-10-18-17(11-16)32(15(3)4,30(42)35-18)24-21(27-34-20(13-44-27)29(41)43-8)36-28(45-24)23(31(5,6)7)37-25(19)39/h9-11,13-15,19,22-23,30,35,38,42H,12H2,1-8H3,(H,33,40)(H,37,39)/t19-,22-,23+,30?,32-/m0/s1. The van der Waals surface area contributed by atoms with E-state index < -0.39 is 53.0 Å². The maximum Gasteiger partial charge on any atom is 0.360 e. The number of hydrogen-bond donors (Lipinski definition) is 5. The number of anilines is 1. The molecule has 2 amide bonds. The van der Waals surface area contributed by atoms with Crippen molar-refractivity contribution < 1.29 is 38.2 Å². The van der Waals surface area contributed by atoms with Crippen LogP contribution in [-0.2, 0) is 26.2 Å². The molecule has 45 heavy (non-hydrogen) atoms. The minimum atomic E-state index is -1.31. The SMILES string of the molecule is COC(=O)c1coc(-c2nc3oc2[C@]2(C(C)C)c4cc(ccc4NC2O)C[C@H](NC(=O)[C@@H](O)C(C)C)C(=O)N[C@H]3C(C)(C)C)n1. The Labute approximate surface area is 261 Å². The van der Waals surface area contributed by atoms with Crippen molar-refractivity contribution in [2.24, 2.45) is 17.3 Å². The molecule has 3 aromatic rings. The molecular formula is C32H41N5O8. The van der Waals surface area contributed by atoms with Crippen LogP contribution in [0.2, 0.25) is 0 Å². The number of ether oxygens (including phenoxy) is 1. The fraction of sp³-hybridized carbons (Fsp3) is 0.531. The van der Waals surface area contributed by atoms with Crippen molar-refractivity contribution in [2.45, 2.75) is 84.7 Å². The van der Waals surface area contributed by atoms with Gasteiger partial charge in [-0.2, -0.15) is 0 Å². The van der Waals surface area contributed by atoms with Gasteiger partial charge in [-0.3, -0.25) is 9.59 Å². The van der Waals surface area contributed by atoms with Crippen LogP contribution in [0.1, 0.15) is 87.8 Å². The molecule has 4 bridgehead atoms. The Kier molecular flexibility index (Phi) is 8.30. The van der Waals surface area contributed by atoms with Crippen LogP contribution in [0, 0.1) is 17.3 Å². The number of carbonyl (C=O) groups is 3. The fourth-order valence-corrected chi connectivity index (χ4v) is 6.09. The van der Waals surface area contributed by atoms with Crippen molar-refractivity contribution in [1.82, 2.24) is 20.6 Å². The van der Waals surface area contributed by atoms with Gasteiger partial charge in [-0.05, 0) is 34.4 Å². The molecule has 1 unspecified atom stereocenters. The van der Waals surface area contributed by atoms with Gasteiger partial charge < -0.3 is 39.7 Å². The monoisotopic (exact) mass is 623 g/mol. The Bertz CT molecular complexity index is 1620. The largest absolute Gasteiger partial charge is 0.464 e. The van der Waals surface area contributed by atoms with Gasteiger partial charge in [0.1, 0.15) is 36.1 Å². The van der Waals surface area contributed by atoms with Crippen LogP contribution in [0.15, 0.2) is 33.3 Å². The molecule has 5 N–H and O–H groups in total. The second-order valence-corrected chi connectivity index (χ2v) is 13.5. The van der Waals surface area contributed by atoms with E-state index in [1.54, 1.807) is 19.9 Å². The van der Waals surface area contributed by atoms with Gasteiger partial charge in [0, 0.05) is 12.1 Å². The number of methoxy groups -OCH3 is 1. The molecule has 5 atom stereocenters. The van der Waals surface area contributed by atoms with E-state index >= 15 is 0 Å². The molecule has 0 saturated carbocycles. The number of nitrogens with zero attached hydrogens (tertiary/aromatic N) is 2. The number of rotatable bonds is 6. The van der Waals surface area contributed by atoms with Gasteiger partial charge in [-0.15, -0.1) is 0 Å². The molecule has 0 fully saturated rings. The Balaban J connectivity index is 1.77. The zero-order valence-corrected chi connectivity index (χ0v) is 26.7. The van der Waals surface area contributed by atoms with Crippen LogP contribution in [0.4, 0.5) is 5.69 Å². The van der Waals surface area contributed by atoms with E-state index in [1.807, 2.05) is 46.8 Å². The van der Waals surface area contributed by atoms with Crippen molar-refractivity contribution >= 4 is 23.5 Å². The van der Waals surface area contributed by atoms with E-state index in [1.165, 1.54) is 7.11 Å². The van der Waals surface area contributed by atoms with Gasteiger partial charge >= 0.3 is 5.97 Å². The van der Waals surface area contributed by atoms with Crippen molar-refractivity contribution in [3.63, 3.8) is 0 Å². The van der Waals surface area contributed by atoms with E-state index in [9.17, 15) is 24.6 Å². The van der Waals surface area contributed by atoms with Crippen LogP contribution in [0.25, 0.3) is 11.6 Å². The summed E-state index contributed by atoms with van der Waals surface area (Å²) in [6.07, 6.45) is -1.21. The molecule has 2 aliphatic rings. The summed E-state index contributed by atoms with van der Waals surface area (Å²) >= 11 is 0. The topological polar surface area (TPSA) is 189 Å². The van der Waals surface area contributed by atoms with Crippen LogP contribution in [0.5, 0.6) is 0 Å². The summed E-state index contributed by atoms with van der Waals surface area (Å²) in [5.41, 5.74) is 0.242. The first kappa shape index (κ1) is 32.2. The molecule has 13 nitrogen and oxygen atoms in total. The molecule has 0 radical (unpaired) electrons. The quantitative estimate of drug-likeness (QED) is 0.254. The number of amides is 2. The third-order valence-corrected chi connectivity index (χ3v) is 8.66. The summed E-state index contributed by atoms with van der Waals surface area (Å²) in [6, 6.07) is 3.61. The van der Waals surface area contributed by atoms with Gasteiger partial charge in [0.15, 0.2) is 17.1 Å². The molecule has 4 heterocycles. The Hall–Kier alpha value is -4.23. The van der Waals surface area contributed by atoms with E-state index in [-0.39, 0.29) is 47.2 Å². The molecule has 2 aliphatic heterocycles. The second-order valence-electron chi connectivity index (χ2n) is 13.5. The summed E-state index contributed by atoms with van der Waals surface area (Å²) < 4.78 is 17.1. The summed E-state index contributed by atoms with van der Waals surface area (Å²) in [5.74, 6) is -2.18. The number of esters is 1. The fourth-order valence-electron chi connectivity index (χ4n) is 6.09. The minimum Gasteiger partial charge on any atom is -0.464 e. The number of fused-ring (bicyclic) bond motifs is 4. The lowest BCUT2D eigenvalue weighted by molar-refractivity contribution is -0.136. The van der Waals surface area contributed by atoms with Gasteiger partial charge in [-0.1, -0.05) is 60.6 Å². The van der Waals surface area contributed by atoms with E-state index in [2.05, 4.69) is 20.9 Å². The number of aliphatic hydroxyl groups excluding tert-OH is 2. The zero-order chi connectivity index (χ0) is 33.0.